The maximum Gasteiger partial charge on any atom is 0.259 e. The standard InChI is InChI=1S/C17H17BrN2O/c1-11-7-8-14(18)13(10-11)17(21)20-9-3-4-12-15(19)5-2-6-16(12)20/h2,5-8,10H,3-4,9,19H2,1H3. The van der Waals surface area contributed by atoms with Gasteiger partial charge in [-0.2, -0.15) is 0 Å². The van der Waals surface area contributed by atoms with Crippen LogP contribution in [0.2, 0.25) is 0 Å². The molecule has 0 aromatic heterocycles. The molecule has 2 N–H and O–H groups in total. The first-order valence-electron chi connectivity index (χ1n) is 7.03. The lowest BCUT2D eigenvalue weighted by molar-refractivity contribution is 0.0984. The van der Waals surface area contributed by atoms with Crippen LogP contribution in [0.15, 0.2) is 40.9 Å². The number of amides is 1. The molecular formula is C17H17BrN2O. The van der Waals surface area contributed by atoms with Crippen molar-refractivity contribution in [3.05, 3.63) is 57.6 Å². The van der Waals surface area contributed by atoms with E-state index in [0.717, 1.165) is 46.4 Å². The molecule has 0 saturated carbocycles. The van der Waals surface area contributed by atoms with Gasteiger partial charge in [0.25, 0.3) is 5.91 Å². The van der Waals surface area contributed by atoms with Crippen molar-refractivity contribution in [2.45, 2.75) is 19.8 Å². The number of anilines is 2. The Morgan fingerprint density at radius 2 is 2.10 bits per heavy atom. The Labute approximate surface area is 132 Å². The lowest BCUT2D eigenvalue weighted by Crippen LogP contribution is -2.36. The molecule has 0 spiro atoms. The highest BCUT2D eigenvalue weighted by Crippen LogP contribution is 2.33. The van der Waals surface area contributed by atoms with Gasteiger partial charge in [0, 0.05) is 22.4 Å². The third-order valence-corrected chi connectivity index (χ3v) is 4.58. The van der Waals surface area contributed by atoms with Gasteiger partial charge in [-0.25, -0.2) is 0 Å². The van der Waals surface area contributed by atoms with Crippen molar-refractivity contribution in [1.82, 2.24) is 0 Å². The number of rotatable bonds is 1. The number of carbonyl (C=O) groups is 1. The van der Waals surface area contributed by atoms with Gasteiger partial charge < -0.3 is 10.6 Å². The predicted molar refractivity (Wildman–Crippen MR) is 89.7 cm³/mol. The van der Waals surface area contributed by atoms with E-state index in [2.05, 4.69) is 15.9 Å². The third kappa shape index (κ3) is 2.56. The van der Waals surface area contributed by atoms with Crippen molar-refractivity contribution >= 4 is 33.2 Å². The highest BCUT2D eigenvalue weighted by molar-refractivity contribution is 9.10. The first-order chi connectivity index (χ1) is 10.1. The molecule has 1 heterocycles. The van der Waals surface area contributed by atoms with E-state index in [1.807, 2.05) is 48.2 Å². The van der Waals surface area contributed by atoms with Crippen LogP contribution < -0.4 is 10.6 Å². The van der Waals surface area contributed by atoms with E-state index in [4.69, 9.17) is 5.73 Å². The first kappa shape index (κ1) is 14.1. The van der Waals surface area contributed by atoms with Crippen LogP contribution in [0.25, 0.3) is 0 Å². The molecule has 1 amide bonds. The molecule has 3 nitrogen and oxygen atoms in total. The molecule has 0 unspecified atom stereocenters. The average Bonchev–Trinajstić information content (AvgIpc) is 2.49. The fourth-order valence-electron chi connectivity index (χ4n) is 2.81. The molecule has 2 aromatic carbocycles. The molecule has 4 heteroatoms. The van der Waals surface area contributed by atoms with Gasteiger partial charge in [-0.3, -0.25) is 4.79 Å². The van der Waals surface area contributed by atoms with Crippen molar-refractivity contribution in [2.75, 3.05) is 17.2 Å². The quantitative estimate of drug-likeness (QED) is 0.796. The molecule has 0 fully saturated rings. The third-order valence-electron chi connectivity index (χ3n) is 3.88. The Kier molecular flexibility index (Phi) is 3.72. The summed E-state index contributed by atoms with van der Waals surface area (Å²) in [7, 11) is 0. The number of nitrogen functional groups attached to an aromatic ring is 1. The van der Waals surface area contributed by atoms with Crippen LogP contribution in [0.1, 0.15) is 27.9 Å². The van der Waals surface area contributed by atoms with Gasteiger partial charge in [-0.1, -0.05) is 17.7 Å². The summed E-state index contributed by atoms with van der Waals surface area (Å²) in [6.45, 7) is 2.72. The maximum atomic E-state index is 12.9. The van der Waals surface area contributed by atoms with Crippen molar-refractivity contribution in [3.8, 4) is 0 Å². The molecule has 3 rings (SSSR count). The number of aryl methyl sites for hydroxylation is 1. The van der Waals surface area contributed by atoms with Crippen LogP contribution in [0.5, 0.6) is 0 Å². The van der Waals surface area contributed by atoms with Gasteiger partial charge in [0.1, 0.15) is 0 Å². The van der Waals surface area contributed by atoms with Crippen LogP contribution in [-0.4, -0.2) is 12.5 Å². The van der Waals surface area contributed by atoms with Gasteiger partial charge >= 0.3 is 0 Å². The summed E-state index contributed by atoms with van der Waals surface area (Å²) in [6.07, 6.45) is 1.87. The lowest BCUT2D eigenvalue weighted by atomic mass is 9.99. The Morgan fingerprint density at radius 1 is 1.29 bits per heavy atom. The first-order valence-corrected chi connectivity index (χ1v) is 7.82. The van der Waals surface area contributed by atoms with E-state index in [-0.39, 0.29) is 5.91 Å². The van der Waals surface area contributed by atoms with E-state index in [1.54, 1.807) is 0 Å². The van der Waals surface area contributed by atoms with E-state index in [1.165, 1.54) is 0 Å². The van der Waals surface area contributed by atoms with E-state index >= 15 is 0 Å². The number of benzene rings is 2. The predicted octanol–water partition coefficient (Wildman–Crippen LogP) is 3.93. The highest BCUT2D eigenvalue weighted by atomic mass is 79.9. The zero-order chi connectivity index (χ0) is 15.0. The van der Waals surface area contributed by atoms with Crippen LogP contribution in [-0.2, 0) is 6.42 Å². The Hall–Kier alpha value is -1.81. The van der Waals surface area contributed by atoms with Gasteiger partial charge in [0.2, 0.25) is 0 Å². The average molecular weight is 345 g/mol. The van der Waals surface area contributed by atoms with Gasteiger partial charge in [-0.05, 0) is 65.5 Å². The monoisotopic (exact) mass is 344 g/mol. The number of hydrogen-bond donors (Lipinski definition) is 1. The molecule has 2 aromatic rings. The second-order valence-corrected chi connectivity index (χ2v) is 6.24. The fourth-order valence-corrected chi connectivity index (χ4v) is 3.23. The van der Waals surface area contributed by atoms with Crippen LogP contribution >= 0.6 is 15.9 Å². The van der Waals surface area contributed by atoms with Crippen LogP contribution in [0, 0.1) is 6.92 Å². The number of hydrogen-bond acceptors (Lipinski definition) is 2. The number of nitrogens with two attached hydrogens (primary N) is 1. The molecule has 0 bridgehead atoms. The molecular weight excluding hydrogens is 328 g/mol. The molecule has 0 saturated heterocycles. The Morgan fingerprint density at radius 3 is 2.90 bits per heavy atom. The molecule has 0 atom stereocenters. The Bertz CT molecular complexity index is 712. The maximum absolute atomic E-state index is 12.9. The number of halogens is 1. The Balaban J connectivity index is 2.04. The minimum absolute atomic E-state index is 0.0251. The molecule has 0 aliphatic carbocycles. The largest absolute Gasteiger partial charge is 0.398 e. The topological polar surface area (TPSA) is 46.3 Å². The SMILES string of the molecule is Cc1ccc(Br)c(C(=O)N2CCCc3c(N)cccc32)c1. The molecule has 21 heavy (non-hydrogen) atoms. The van der Waals surface area contributed by atoms with Gasteiger partial charge in [0.15, 0.2) is 0 Å². The highest BCUT2D eigenvalue weighted by Gasteiger charge is 2.25. The zero-order valence-electron chi connectivity index (χ0n) is 11.9. The number of carbonyl (C=O) groups excluding carboxylic acids is 1. The number of fused-ring (bicyclic) bond motifs is 1. The molecule has 1 aliphatic rings. The lowest BCUT2D eigenvalue weighted by Gasteiger charge is -2.30. The second kappa shape index (κ2) is 5.53. The van der Waals surface area contributed by atoms with E-state index in [0.29, 0.717) is 5.56 Å². The summed E-state index contributed by atoms with van der Waals surface area (Å²) < 4.78 is 0.828. The van der Waals surface area contributed by atoms with Crippen molar-refractivity contribution in [2.24, 2.45) is 0 Å². The van der Waals surface area contributed by atoms with Gasteiger partial charge in [-0.15, -0.1) is 0 Å². The zero-order valence-corrected chi connectivity index (χ0v) is 13.5. The minimum atomic E-state index is 0.0251. The van der Waals surface area contributed by atoms with Crippen LogP contribution in [0.4, 0.5) is 11.4 Å². The minimum Gasteiger partial charge on any atom is -0.398 e. The summed E-state index contributed by atoms with van der Waals surface area (Å²) in [6, 6.07) is 11.6. The normalized spacial score (nSPS) is 13.9. The van der Waals surface area contributed by atoms with Crippen LogP contribution in [0.3, 0.4) is 0 Å². The number of nitrogens with zero attached hydrogens (tertiary/aromatic N) is 1. The summed E-state index contributed by atoms with van der Waals surface area (Å²) in [5.74, 6) is 0.0251. The van der Waals surface area contributed by atoms with Crippen molar-refractivity contribution in [1.29, 1.82) is 0 Å². The van der Waals surface area contributed by atoms with Gasteiger partial charge in [0.05, 0.1) is 5.56 Å². The molecule has 108 valence electrons. The molecule has 1 aliphatic heterocycles. The van der Waals surface area contributed by atoms with Crippen molar-refractivity contribution < 1.29 is 4.79 Å². The summed E-state index contributed by atoms with van der Waals surface area (Å²) in [5.41, 5.74) is 10.6. The summed E-state index contributed by atoms with van der Waals surface area (Å²) in [4.78, 5) is 14.7. The smallest absolute Gasteiger partial charge is 0.259 e. The van der Waals surface area contributed by atoms with E-state index in [9.17, 15) is 4.79 Å². The summed E-state index contributed by atoms with van der Waals surface area (Å²) in [5, 5.41) is 0. The fraction of sp³-hybridized carbons (Fsp3) is 0.235. The second-order valence-electron chi connectivity index (χ2n) is 5.39. The summed E-state index contributed by atoms with van der Waals surface area (Å²) >= 11 is 3.48. The van der Waals surface area contributed by atoms with Crippen molar-refractivity contribution in [3.63, 3.8) is 0 Å². The van der Waals surface area contributed by atoms with E-state index < -0.39 is 0 Å². The molecule has 0 radical (unpaired) electrons.